The number of nitrogens with one attached hydrogen (secondary N) is 1. The maximum absolute atomic E-state index is 5.45. The average Bonchev–Trinajstić information content (AvgIpc) is 2.23. The Labute approximate surface area is 90.3 Å². The molecule has 0 unspecified atom stereocenters. The third-order valence-corrected chi connectivity index (χ3v) is 2.11. The third-order valence-electron chi connectivity index (χ3n) is 2.11. The second-order valence-corrected chi connectivity index (χ2v) is 3.43. The summed E-state index contributed by atoms with van der Waals surface area (Å²) in [6, 6.07) is 1.82. The van der Waals surface area contributed by atoms with Gasteiger partial charge in [-0.3, -0.25) is 0 Å². The van der Waals surface area contributed by atoms with Gasteiger partial charge in [0.05, 0.1) is 0 Å². The minimum absolute atomic E-state index is 0.308. The Morgan fingerprint density at radius 1 is 1.20 bits per heavy atom. The van der Waals surface area contributed by atoms with Crippen molar-refractivity contribution in [2.24, 2.45) is 5.73 Å². The summed E-state index contributed by atoms with van der Waals surface area (Å²) in [5, 5.41) is 3.20. The van der Waals surface area contributed by atoms with E-state index < -0.39 is 0 Å². The maximum Gasteiger partial charge on any atom is 0.221 e. The summed E-state index contributed by atoms with van der Waals surface area (Å²) in [6.45, 7) is 1.71. The molecule has 1 aromatic rings. The van der Waals surface area contributed by atoms with Crippen molar-refractivity contribution in [1.29, 1.82) is 0 Å². The summed E-state index contributed by atoms with van der Waals surface area (Å²) in [7, 11) is 0. The second-order valence-electron chi connectivity index (χ2n) is 3.43. The lowest BCUT2D eigenvalue weighted by atomic mass is 10.2. The Morgan fingerprint density at radius 3 is 2.73 bits per heavy atom. The lowest BCUT2D eigenvalue weighted by Crippen LogP contribution is -2.05. The number of unbranched alkanes of at least 4 members (excludes halogenated alkanes) is 3. The largest absolute Gasteiger partial charge is 0.370 e. The molecular formula is C10H19N5. The van der Waals surface area contributed by atoms with Crippen molar-refractivity contribution in [3.63, 3.8) is 0 Å². The molecule has 0 saturated carbocycles. The molecule has 0 atom stereocenters. The number of nitrogen functional groups attached to an aromatic ring is 1. The van der Waals surface area contributed by atoms with Gasteiger partial charge in [0.25, 0.3) is 0 Å². The van der Waals surface area contributed by atoms with Crippen LogP contribution in [0.5, 0.6) is 0 Å². The first kappa shape index (κ1) is 11.7. The number of rotatable bonds is 7. The third kappa shape index (κ3) is 5.17. The van der Waals surface area contributed by atoms with Crippen molar-refractivity contribution in [2.75, 3.05) is 24.1 Å². The molecule has 0 aliphatic carbocycles. The number of nitrogens with two attached hydrogens (primary N) is 2. The fourth-order valence-corrected chi connectivity index (χ4v) is 1.31. The van der Waals surface area contributed by atoms with Crippen molar-refractivity contribution in [3.05, 3.63) is 12.3 Å². The van der Waals surface area contributed by atoms with Gasteiger partial charge in [0.2, 0.25) is 5.95 Å². The number of hydrogen-bond acceptors (Lipinski definition) is 5. The van der Waals surface area contributed by atoms with E-state index in [1.807, 2.05) is 6.07 Å². The molecule has 5 N–H and O–H groups in total. The van der Waals surface area contributed by atoms with E-state index in [4.69, 9.17) is 11.5 Å². The Balaban J connectivity index is 2.10. The Hall–Kier alpha value is -1.36. The summed E-state index contributed by atoms with van der Waals surface area (Å²) in [4.78, 5) is 7.86. The van der Waals surface area contributed by atoms with Crippen molar-refractivity contribution in [3.8, 4) is 0 Å². The molecule has 5 nitrogen and oxygen atoms in total. The van der Waals surface area contributed by atoms with Crippen molar-refractivity contribution >= 4 is 11.8 Å². The molecule has 5 heteroatoms. The Morgan fingerprint density at radius 2 is 2.00 bits per heavy atom. The van der Waals surface area contributed by atoms with E-state index >= 15 is 0 Å². The zero-order valence-electron chi connectivity index (χ0n) is 8.95. The van der Waals surface area contributed by atoms with Gasteiger partial charge < -0.3 is 16.8 Å². The van der Waals surface area contributed by atoms with E-state index in [0.29, 0.717) is 5.95 Å². The van der Waals surface area contributed by atoms with Gasteiger partial charge in [-0.15, -0.1) is 0 Å². The van der Waals surface area contributed by atoms with Gasteiger partial charge >= 0.3 is 0 Å². The predicted octanol–water partition coefficient (Wildman–Crippen LogP) is 0.990. The normalized spacial score (nSPS) is 10.2. The van der Waals surface area contributed by atoms with Crippen LogP contribution < -0.4 is 16.8 Å². The minimum Gasteiger partial charge on any atom is -0.370 e. The number of aromatic nitrogens is 2. The van der Waals surface area contributed by atoms with Gasteiger partial charge in [0, 0.05) is 12.7 Å². The van der Waals surface area contributed by atoms with Gasteiger partial charge in [-0.2, -0.15) is 4.98 Å². The zero-order chi connectivity index (χ0) is 10.9. The van der Waals surface area contributed by atoms with E-state index in [1.54, 1.807) is 6.20 Å². The summed E-state index contributed by atoms with van der Waals surface area (Å²) in [6.07, 6.45) is 6.29. The molecule has 0 aliphatic heterocycles. The van der Waals surface area contributed by atoms with E-state index in [9.17, 15) is 0 Å². The zero-order valence-corrected chi connectivity index (χ0v) is 8.95. The van der Waals surface area contributed by atoms with Crippen LogP contribution in [-0.2, 0) is 0 Å². The van der Waals surface area contributed by atoms with Crippen LogP contribution in [0.4, 0.5) is 11.8 Å². The van der Waals surface area contributed by atoms with E-state index in [2.05, 4.69) is 15.3 Å². The highest BCUT2D eigenvalue weighted by molar-refractivity contribution is 5.36. The van der Waals surface area contributed by atoms with Crippen molar-refractivity contribution in [1.82, 2.24) is 9.97 Å². The monoisotopic (exact) mass is 209 g/mol. The highest BCUT2D eigenvalue weighted by atomic mass is 15.1. The Kier molecular flexibility index (Phi) is 5.47. The van der Waals surface area contributed by atoms with Gasteiger partial charge in [0.1, 0.15) is 5.82 Å². The quantitative estimate of drug-likeness (QED) is 0.583. The molecule has 0 bridgehead atoms. The minimum atomic E-state index is 0.308. The first-order valence-corrected chi connectivity index (χ1v) is 5.35. The maximum atomic E-state index is 5.45. The van der Waals surface area contributed by atoms with Crippen molar-refractivity contribution in [2.45, 2.75) is 25.7 Å². The summed E-state index contributed by atoms with van der Waals surface area (Å²) >= 11 is 0. The summed E-state index contributed by atoms with van der Waals surface area (Å²) < 4.78 is 0. The molecule has 1 aromatic heterocycles. The SMILES string of the molecule is NCCCCCCNc1ccnc(N)n1. The molecule has 0 aliphatic rings. The molecule has 0 saturated heterocycles. The van der Waals surface area contributed by atoms with Crippen LogP contribution in [0, 0.1) is 0 Å². The smallest absolute Gasteiger partial charge is 0.221 e. The first-order valence-electron chi connectivity index (χ1n) is 5.35. The van der Waals surface area contributed by atoms with Crippen LogP contribution in [-0.4, -0.2) is 23.1 Å². The highest BCUT2D eigenvalue weighted by Crippen LogP contribution is 2.04. The van der Waals surface area contributed by atoms with Crippen LogP contribution in [0.25, 0.3) is 0 Å². The van der Waals surface area contributed by atoms with Gasteiger partial charge in [-0.05, 0) is 25.5 Å². The van der Waals surface area contributed by atoms with Crippen LogP contribution in [0.1, 0.15) is 25.7 Å². The van der Waals surface area contributed by atoms with E-state index in [1.165, 1.54) is 12.8 Å². The van der Waals surface area contributed by atoms with Crippen LogP contribution in [0.2, 0.25) is 0 Å². The molecule has 1 rings (SSSR count). The first-order chi connectivity index (χ1) is 7.33. The van der Waals surface area contributed by atoms with E-state index in [-0.39, 0.29) is 0 Å². The molecular weight excluding hydrogens is 190 g/mol. The lowest BCUT2D eigenvalue weighted by Gasteiger charge is -2.05. The predicted molar refractivity (Wildman–Crippen MR) is 62.5 cm³/mol. The second kappa shape index (κ2) is 7.00. The number of anilines is 2. The Bertz CT molecular complexity index is 276. The van der Waals surface area contributed by atoms with Crippen LogP contribution in [0.3, 0.4) is 0 Å². The lowest BCUT2D eigenvalue weighted by molar-refractivity contribution is 0.661. The molecule has 0 amide bonds. The van der Waals surface area contributed by atoms with Gasteiger partial charge in [0.15, 0.2) is 0 Å². The van der Waals surface area contributed by atoms with E-state index in [0.717, 1.165) is 31.7 Å². The van der Waals surface area contributed by atoms with Crippen LogP contribution >= 0.6 is 0 Å². The molecule has 1 heterocycles. The number of hydrogen-bond donors (Lipinski definition) is 3. The molecule has 15 heavy (non-hydrogen) atoms. The fourth-order valence-electron chi connectivity index (χ4n) is 1.31. The fraction of sp³-hybridized carbons (Fsp3) is 0.600. The topological polar surface area (TPSA) is 89.8 Å². The van der Waals surface area contributed by atoms with Gasteiger partial charge in [-0.25, -0.2) is 4.98 Å². The molecule has 0 radical (unpaired) electrons. The summed E-state index contributed by atoms with van der Waals surface area (Å²) in [5.41, 5.74) is 10.9. The molecule has 84 valence electrons. The molecule has 0 aromatic carbocycles. The average molecular weight is 209 g/mol. The standard InChI is InChI=1S/C10H19N5/c11-6-3-1-2-4-7-13-9-5-8-14-10(12)15-9/h5,8H,1-4,6-7,11H2,(H3,12,13,14,15). The molecule has 0 fully saturated rings. The van der Waals surface area contributed by atoms with Crippen molar-refractivity contribution < 1.29 is 0 Å². The number of nitrogens with zero attached hydrogens (tertiary/aromatic N) is 2. The van der Waals surface area contributed by atoms with Gasteiger partial charge in [-0.1, -0.05) is 12.8 Å². The highest BCUT2D eigenvalue weighted by Gasteiger charge is 1.94. The molecule has 0 spiro atoms. The van der Waals surface area contributed by atoms with Crippen LogP contribution in [0.15, 0.2) is 12.3 Å². The summed E-state index contributed by atoms with van der Waals surface area (Å²) in [5.74, 6) is 1.10.